The number of rotatable bonds is 3. The van der Waals surface area contributed by atoms with E-state index in [0.717, 1.165) is 15.6 Å². The molecule has 0 fully saturated rings. The van der Waals surface area contributed by atoms with Gasteiger partial charge in [-0.15, -0.1) is 0 Å². The number of fused-ring (bicyclic) bond motifs is 1. The molecule has 21 heavy (non-hydrogen) atoms. The zero-order valence-corrected chi connectivity index (χ0v) is 12.8. The van der Waals surface area contributed by atoms with Crippen LogP contribution in [0.4, 0.5) is 4.39 Å². The lowest BCUT2D eigenvalue weighted by Crippen LogP contribution is -2.19. The Hall–Kier alpha value is -1.92. The maximum absolute atomic E-state index is 14.1. The number of hydrogen-bond acceptors (Lipinski definition) is 2. The summed E-state index contributed by atoms with van der Waals surface area (Å²) in [6.07, 6.45) is 0. The first-order chi connectivity index (χ1) is 10.1. The van der Waals surface area contributed by atoms with Gasteiger partial charge in [-0.25, -0.2) is 9.18 Å². The molecule has 0 aliphatic carbocycles. The third-order valence-electron chi connectivity index (χ3n) is 3.43. The summed E-state index contributed by atoms with van der Waals surface area (Å²) < 4.78 is 14.9. The fourth-order valence-corrected chi connectivity index (χ4v) is 2.85. The van der Waals surface area contributed by atoms with Crippen molar-refractivity contribution in [2.75, 3.05) is 7.05 Å². The number of benzene rings is 2. The Morgan fingerprint density at radius 3 is 2.67 bits per heavy atom. The quantitative estimate of drug-likeness (QED) is 0.680. The van der Waals surface area contributed by atoms with Crippen molar-refractivity contribution in [3.05, 3.63) is 68.3 Å². The molecule has 1 atom stereocenters. The van der Waals surface area contributed by atoms with Crippen molar-refractivity contribution in [1.82, 2.24) is 15.3 Å². The van der Waals surface area contributed by atoms with E-state index in [9.17, 15) is 9.18 Å². The van der Waals surface area contributed by atoms with Gasteiger partial charge in [-0.05, 0) is 42.9 Å². The summed E-state index contributed by atoms with van der Waals surface area (Å²) in [7, 11) is 1.77. The normalized spacial score (nSPS) is 12.7. The SMILES string of the molecule is CNC(c1ccc2[nH]c(=O)[nH]c2c1)c1cc(Br)ccc1F. The van der Waals surface area contributed by atoms with Crippen LogP contribution in [-0.2, 0) is 0 Å². The van der Waals surface area contributed by atoms with Crippen LogP contribution < -0.4 is 11.0 Å². The molecule has 3 N–H and O–H groups in total. The number of aromatic nitrogens is 2. The van der Waals surface area contributed by atoms with Gasteiger partial charge in [0.15, 0.2) is 0 Å². The van der Waals surface area contributed by atoms with Crippen LogP contribution in [0.3, 0.4) is 0 Å². The third-order valence-corrected chi connectivity index (χ3v) is 3.92. The Morgan fingerprint density at radius 1 is 1.14 bits per heavy atom. The summed E-state index contributed by atoms with van der Waals surface area (Å²) in [5.74, 6) is -0.278. The van der Waals surface area contributed by atoms with Gasteiger partial charge >= 0.3 is 5.69 Å². The number of imidazole rings is 1. The van der Waals surface area contributed by atoms with Crippen LogP contribution in [0.15, 0.2) is 45.7 Å². The van der Waals surface area contributed by atoms with E-state index in [0.29, 0.717) is 11.1 Å². The molecule has 108 valence electrons. The van der Waals surface area contributed by atoms with Crippen molar-refractivity contribution < 1.29 is 4.39 Å². The highest BCUT2D eigenvalue weighted by atomic mass is 79.9. The minimum Gasteiger partial charge on any atom is -0.309 e. The van der Waals surface area contributed by atoms with Gasteiger partial charge in [0, 0.05) is 10.0 Å². The van der Waals surface area contributed by atoms with Crippen LogP contribution in [0.25, 0.3) is 11.0 Å². The molecule has 0 radical (unpaired) electrons. The molecule has 3 aromatic rings. The van der Waals surface area contributed by atoms with Crippen LogP contribution in [-0.4, -0.2) is 17.0 Å². The van der Waals surface area contributed by atoms with Crippen LogP contribution >= 0.6 is 15.9 Å². The van der Waals surface area contributed by atoms with Gasteiger partial charge in [-0.3, -0.25) is 0 Å². The molecule has 4 nitrogen and oxygen atoms in total. The molecule has 1 heterocycles. The highest BCUT2D eigenvalue weighted by molar-refractivity contribution is 9.10. The van der Waals surface area contributed by atoms with Crippen molar-refractivity contribution in [3.63, 3.8) is 0 Å². The van der Waals surface area contributed by atoms with Gasteiger partial charge in [-0.1, -0.05) is 22.0 Å². The molecule has 0 spiro atoms. The molecule has 0 amide bonds. The standard InChI is InChI=1S/C15H13BrFN3O/c1-18-14(10-7-9(16)3-4-11(10)17)8-2-5-12-13(6-8)20-15(21)19-12/h2-7,14,18H,1H3,(H2,19,20,21). The van der Waals surface area contributed by atoms with E-state index in [1.807, 2.05) is 18.2 Å². The second kappa shape index (κ2) is 5.46. The number of nitrogens with one attached hydrogen (secondary N) is 3. The van der Waals surface area contributed by atoms with E-state index in [4.69, 9.17) is 0 Å². The first-order valence-corrected chi connectivity index (χ1v) is 7.22. The lowest BCUT2D eigenvalue weighted by atomic mass is 9.98. The second-order valence-electron chi connectivity index (χ2n) is 4.77. The van der Waals surface area contributed by atoms with Crippen molar-refractivity contribution >= 4 is 27.0 Å². The van der Waals surface area contributed by atoms with Crippen LogP contribution in [0.5, 0.6) is 0 Å². The third kappa shape index (κ3) is 2.64. The fourth-order valence-electron chi connectivity index (χ4n) is 2.47. The molecule has 0 aliphatic rings. The van der Waals surface area contributed by atoms with E-state index in [1.54, 1.807) is 19.2 Å². The zero-order valence-electron chi connectivity index (χ0n) is 11.2. The van der Waals surface area contributed by atoms with Gasteiger partial charge in [-0.2, -0.15) is 0 Å². The van der Waals surface area contributed by atoms with Gasteiger partial charge in [0.1, 0.15) is 5.82 Å². The van der Waals surface area contributed by atoms with Gasteiger partial charge in [0.05, 0.1) is 17.1 Å². The summed E-state index contributed by atoms with van der Waals surface area (Å²) >= 11 is 3.36. The van der Waals surface area contributed by atoms with E-state index in [-0.39, 0.29) is 17.5 Å². The van der Waals surface area contributed by atoms with E-state index in [1.165, 1.54) is 6.07 Å². The minimum atomic E-state index is -0.301. The van der Waals surface area contributed by atoms with Crippen molar-refractivity contribution in [3.8, 4) is 0 Å². The summed E-state index contributed by atoms with van der Waals surface area (Å²) in [5.41, 5.74) is 2.60. The average molecular weight is 350 g/mol. The summed E-state index contributed by atoms with van der Waals surface area (Å²) in [6.45, 7) is 0. The zero-order chi connectivity index (χ0) is 15.0. The lowest BCUT2D eigenvalue weighted by molar-refractivity contribution is 0.576. The number of H-pyrrole nitrogens is 2. The van der Waals surface area contributed by atoms with Crippen LogP contribution in [0.2, 0.25) is 0 Å². The van der Waals surface area contributed by atoms with Crippen molar-refractivity contribution in [1.29, 1.82) is 0 Å². The fraction of sp³-hybridized carbons (Fsp3) is 0.133. The molecule has 2 aromatic carbocycles. The molecule has 0 saturated carbocycles. The molecule has 1 aromatic heterocycles. The smallest absolute Gasteiger partial charge is 0.309 e. The Labute approximate surface area is 128 Å². The molecule has 6 heteroatoms. The minimum absolute atomic E-state index is 0.253. The maximum atomic E-state index is 14.1. The largest absolute Gasteiger partial charge is 0.323 e. The van der Waals surface area contributed by atoms with Crippen LogP contribution in [0.1, 0.15) is 17.2 Å². The Morgan fingerprint density at radius 2 is 1.90 bits per heavy atom. The number of halogens is 2. The number of hydrogen-bond donors (Lipinski definition) is 3. The summed E-state index contributed by atoms with van der Waals surface area (Å²) in [5, 5.41) is 3.11. The van der Waals surface area contributed by atoms with E-state index in [2.05, 4.69) is 31.2 Å². The molecule has 0 aliphatic heterocycles. The van der Waals surface area contributed by atoms with E-state index < -0.39 is 0 Å². The first kappa shape index (κ1) is 14.0. The lowest BCUT2D eigenvalue weighted by Gasteiger charge is -2.18. The van der Waals surface area contributed by atoms with Gasteiger partial charge in [0.2, 0.25) is 0 Å². The maximum Gasteiger partial charge on any atom is 0.323 e. The molecule has 0 bridgehead atoms. The van der Waals surface area contributed by atoms with Gasteiger partial charge in [0.25, 0.3) is 0 Å². The topological polar surface area (TPSA) is 60.7 Å². The molecular formula is C15H13BrFN3O. The molecule has 3 rings (SSSR count). The number of aromatic amines is 2. The van der Waals surface area contributed by atoms with Crippen molar-refractivity contribution in [2.45, 2.75) is 6.04 Å². The predicted octanol–water partition coefficient (Wildman–Crippen LogP) is 3.07. The Kier molecular flexibility index (Phi) is 3.65. The van der Waals surface area contributed by atoms with Crippen LogP contribution in [0, 0.1) is 5.82 Å². The summed E-state index contributed by atoms with van der Waals surface area (Å²) in [6, 6.07) is 10.1. The van der Waals surface area contributed by atoms with E-state index >= 15 is 0 Å². The Balaban J connectivity index is 2.12. The average Bonchev–Trinajstić information content (AvgIpc) is 2.83. The molecular weight excluding hydrogens is 337 g/mol. The predicted molar refractivity (Wildman–Crippen MR) is 83.9 cm³/mol. The monoisotopic (exact) mass is 349 g/mol. The van der Waals surface area contributed by atoms with Crippen molar-refractivity contribution in [2.24, 2.45) is 0 Å². The Bertz CT molecular complexity index is 855. The molecule has 1 unspecified atom stereocenters. The summed E-state index contributed by atoms with van der Waals surface area (Å²) in [4.78, 5) is 16.7. The first-order valence-electron chi connectivity index (χ1n) is 6.42. The second-order valence-corrected chi connectivity index (χ2v) is 5.69. The molecule has 0 saturated heterocycles. The highest BCUT2D eigenvalue weighted by Crippen LogP contribution is 2.28. The van der Waals surface area contributed by atoms with Gasteiger partial charge < -0.3 is 15.3 Å². The highest BCUT2D eigenvalue weighted by Gasteiger charge is 2.17.